The number of benzene rings is 1. The van der Waals surface area contributed by atoms with Gasteiger partial charge >= 0.3 is 0 Å². The van der Waals surface area contributed by atoms with E-state index in [1.165, 1.54) is 4.90 Å². The topological polar surface area (TPSA) is 46.3 Å². The van der Waals surface area contributed by atoms with Crippen LogP contribution in [0.5, 0.6) is 0 Å². The van der Waals surface area contributed by atoms with Gasteiger partial charge in [0.05, 0.1) is 10.6 Å². The second kappa shape index (κ2) is 6.57. The maximum absolute atomic E-state index is 12.2. The highest BCUT2D eigenvalue weighted by Crippen LogP contribution is 2.17. The van der Waals surface area contributed by atoms with Gasteiger partial charge in [-0.25, -0.2) is 0 Å². The monoisotopic (exact) mass is 270 g/mol. The maximum Gasteiger partial charge on any atom is 0.261 e. The average molecular weight is 271 g/mol. The second-order valence-electron chi connectivity index (χ2n) is 3.63. The molecule has 0 radical (unpaired) electrons. The predicted molar refractivity (Wildman–Crippen MR) is 74.2 cm³/mol. The van der Waals surface area contributed by atoms with Crippen molar-refractivity contribution in [1.82, 2.24) is 4.90 Å². The van der Waals surface area contributed by atoms with Crippen LogP contribution in [0.25, 0.3) is 0 Å². The maximum atomic E-state index is 12.2. The number of nitrogens with zero attached hydrogens (tertiary/aromatic N) is 1. The number of carbonyl (C=O) groups is 1. The van der Waals surface area contributed by atoms with E-state index in [1.54, 1.807) is 24.3 Å². The van der Waals surface area contributed by atoms with Crippen LogP contribution in [-0.4, -0.2) is 22.5 Å². The number of amides is 1. The van der Waals surface area contributed by atoms with E-state index >= 15 is 0 Å². The Kier molecular flexibility index (Phi) is 5.38. The summed E-state index contributed by atoms with van der Waals surface area (Å²) in [6.45, 7) is 2.56. The molecule has 1 aromatic carbocycles. The standard InChI is InChI=1S/C12H15ClN2OS/c1-2-3-8-15(12(14)17)11(16)9-6-4-5-7-10(9)13/h4-7H,2-3,8H2,1H3,(H2,14,17). The first-order valence-electron chi connectivity index (χ1n) is 5.43. The molecular formula is C12H15ClN2OS. The van der Waals surface area contributed by atoms with Crippen LogP contribution in [-0.2, 0) is 0 Å². The number of thiocarbonyl (C=S) groups is 1. The zero-order valence-electron chi connectivity index (χ0n) is 9.65. The molecule has 0 atom stereocenters. The van der Waals surface area contributed by atoms with Crippen molar-refractivity contribution in [1.29, 1.82) is 0 Å². The minimum atomic E-state index is -0.239. The first kappa shape index (κ1) is 13.9. The molecule has 0 spiro atoms. The summed E-state index contributed by atoms with van der Waals surface area (Å²) in [6, 6.07) is 6.88. The van der Waals surface area contributed by atoms with E-state index in [2.05, 4.69) is 0 Å². The lowest BCUT2D eigenvalue weighted by Crippen LogP contribution is -2.41. The molecule has 2 N–H and O–H groups in total. The highest BCUT2D eigenvalue weighted by atomic mass is 35.5. The summed E-state index contributed by atoms with van der Waals surface area (Å²) in [5.41, 5.74) is 5.99. The zero-order chi connectivity index (χ0) is 12.8. The highest BCUT2D eigenvalue weighted by Gasteiger charge is 2.19. The average Bonchev–Trinajstić information content (AvgIpc) is 2.29. The number of nitrogens with two attached hydrogens (primary N) is 1. The van der Waals surface area contributed by atoms with Gasteiger partial charge in [-0.2, -0.15) is 0 Å². The van der Waals surface area contributed by atoms with E-state index < -0.39 is 0 Å². The molecule has 0 heterocycles. The minimum Gasteiger partial charge on any atom is -0.376 e. The van der Waals surface area contributed by atoms with Crippen LogP contribution in [0.4, 0.5) is 0 Å². The van der Waals surface area contributed by atoms with Gasteiger partial charge < -0.3 is 5.73 Å². The summed E-state index contributed by atoms with van der Waals surface area (Å²) in [5.74, 6) is -0.239. The SMILES string of the molecule is CCCCN(C(=O)c1ccccc1Cl)C(N)=S. The van der Waals surface area contributed by atoms with Crippen molar-refractivity contribution < 1.29 is 4.79 Å². The zero-order valence-corrected chi connectivity index (χ0v) is 11.2. The van der Waals surface area contributed by atoms with Crippen molar-refractivity contribution in [3.63, 3.8) is 0 Å². The van der Waals surface area contributed by atoms with Gasteiger partial charge in [-0.1, -0.05) is 37.1 Å². The molecule has 1 aromatic rings. The Bertz CT molecular complexity index is 423. The summed E-state index contributed by atoms with van der Waals surface area (Å²) in [5, 5.41) is 0.499. The summed E-state index contributed by atoms with van der Waals surface area (Å²) in [7, 11) is 0. The van der Waals surface area contributed by atoms with Gasteiger partial charge in [0.2, 0.25) is 0 Å². The molecular weight excluding hydrogens is 256 g/mol. The van der Waals surface area contributed by atoms with Crippen LogP contribution in [0.15, 0.2) is 24.3 Å². The quantitative estimate of drug-likeness (QED) is 0.856. The minimum absolute atomic E-state index is 0.0865. The van der Waals surface area contributed by atoms with E-state index in [4.69, 9.17) is 29.6 Å². The van der Waals surface area contributed by atoms with Crippen LogP contribution in [0, 0.1) is 0 Å². The Hall–Kier alpha value is -1.13. The molecule has 0 aliphatic rings. The molecule has 1 rings (SSSR count). The summed E-state index contributed by atoms with van der Waals surface area (Å²) in [6.07, 6.45) is 1.82. The summed E-state index contributed by atoms with van der Waals surface area (Å²) in [4.78, 5) is 13.6. The van der Waals surface area contributed by atoms with Gasteiger partial charge in [-0.05, 0) is 30.8 Å². The Morgan fingerprint density at radius 1 is 1.47 bits per heavy atom. The number of halogens is 1. The number of unbranched alkanes of at least 4 members (excludes halogenated alkanes) is 1. The largest absolute Gasteiger partial charge is 0.376 e. The van der Waals surface area contributed by atoms with Gasteiger partial charge in [0.25, 0.3) is 5.91 Å². The number of hydrogen-bond donors (Lipinski definition) is 1. The Morgan fingerprint density at radius 3 is 2.65 bits per heavy atom. The Balaban J connectivity index is 2.92. The Labute approximate surface area is 112 Å². The first-order chi connectivity index (χ1) is 8.07. The van der Waals surface area contributed by atoms with Gasteiger partial charge in [-0.3, -0.25) is 9.69 Å². The van der Waals surface area contributed by atoms with E-state index in [9.17, 15) is 4.79 Å². The van der Waals surface area contributed by atoms with Crippen molar-refractivity contribution in [2.24, 2.45) is 5.73 Å². The summed E-state index contributed by atoms with van der Waals surface area (Å²) < 4.78 is 0. The van der Waals surface area contributed by atoms with Gasteiger partial charge in [-0.15, -0.1) is 0 Å². The van der Waals surface area contributed by atoms with Crippen LogP contribution in [0.1, 0.15) is 30.1 Å². The van der Waals surface area contributed by atoms with Gasteiger partial charge in [0, 0.05) is 6.54 Å². The third-order valence-electron chi connectivity index (χ3n) is 2.35. The van der Waals surface area contributed by atoms with Crippen LogP contribution < -0.4 is 5.73 Å². The van der Waals surface area contributed by atoms with E-state index in [0.29, 0.717) is 17.1 Å². The molecule has 17 heavy (non-hydrogen) atoms. The van der Waals surface area contributed by atoms with Crippen molar-refractivity contribution in [3.05, 3.63) is 34.9 Å². The van der Waals surface area contributed by atoms with Crippen LogP contribution in [0.2, 0.25) is 5.02 Å². The highest BCUT2D eigenvalue weighted by molar-refractivity contribution is 7.80. The normalized spacial score (nSPS) is 10.0. The van der Waals surface area contributed by atoms with Gasteiger partial charge in [0.15, 0.2) is 5.11 Å². The fourth-order valence-electron chi connectivity index (χ4n) is 1.41. The molecule has 3 nitrogen and oxygen atoms in total. The summed E-state index contributed by atoms with van der Waals surface area (Å²) >= 11 is 10.9. The molecule has 0 bridgehead atoms. The fourth-order valence-corrected chi connectivity index (χ4v) is 1.80. The molecule has 1 amide bonds. The number of hydrogen-bond acceptors (Lipinski definition) is 2. The fraction of sp³-hybridized carbons (Fsp3) is 0.333. The van der Waals surface area contributed by atoms with Gasteiger partial charge in [0.1, 0.15) is 0 Å². The molecule has 0 aliphatic heterocycles. The molecule has 0 fully saturated rings. The lowest BCUT2D eigenvalue weighted by atomic mass is 10.2. The first-order valence-corrected chi connectivity index (χ1v) is 6.22. The Morgan fingerprint density at radius 2 is 2.12 bits per heavy atom. The van der Waals surface area contributed by atoms with Crippen LogP contribution in [0.3, 0.4) is 0 Å². The van der Waals surface area contributed by atoms with E-state index in [0.717, 1.165) is 12.8 Å². The van der Waals surface area contributed by atoms with Crippen molar-refractivity contribution in [2.75, 3.05) is 6.54 Å². The molecule has 92 valence electrons. The number of rotatable bonds is 4. The molecule has 0 aromatic heterocycles. The molecule has 0 aliphatic carbocycles. The second-order valence-corrected chi connectivity index (χ2v) is 4.45. The lowest BCUT2D eigenvalue weighted by Gasteiger charge is -2.20. The molecule has 0 unspecified atom stereocenters. The third-order valence-corrected chi connectivity index (χ3v) is 2.90. The van der Waals surface area contributed by atoms with Crippen LogP contribution >= 0.6 is 23.8 Å². The molecule has 5 heteroatoms. The molecule has 0 saturated heterocycles. The van der Waals surface area contributed by atoms with Crippen molar-refractivity contribution in [2.45, 2.75) is 19.8 Å². The van der Waals surface area contributed by atoms with Crippen molar-refractivity contribution in [3.8, 4) is 0 Å². The lowest BCUT2D eigenvalue weighted by molar-refractivity contribution is 0.0847. The smallest absolute Gasteiger partial charge is 0.261 e. The van der Waals surface area contributed by atoms with Crippen molar-refractivity contribution >= 4 is 34.8 Å². The van der Waals surface area contributed by atoms with E-state index in [1.807, 2.05) is 6.92 Å². The molecule has 0 saturated carbocycles. The number of carbonyl (C=O) groups excluding carboxylic acids is 1. The predicted octanol–water partition coefficient (Wildman–Crippen LogP) is 2.83. The third kappa shape index (κ3) is 3.68. The van der Waals surface area contributed by atoms with E-state index in [-0.39, 0.29) is 11.0 Å².